The van der Waals surface area contributed by atoms with Gasteiger partial charge in [-0.3, -0.25) is 9.69 Å². The third kappa shape index (κ3) is 2.48. The molecule has 4 nitrogen and oxygen atoms in total. The second kappa shape index (κ2) is 5.26. The number of anilines is 1. The number of piperazine rings is 1. The molecule has 1 aromatic carbocycles. The lowest BCUT2D eigenvalue weighted by Gasteiger charge is -2.42. The first-order chi connectivity index (χ1) is 9.97. The van der Waals surface area contributed by atoms with Gasteiger partial charge < -0.3 is 10.6 Å². The number of hydrogen-bond donors (Lipinski definition) is 1. The maximum Gasteiger partial charge on any atom is 0.257 e. The molecule has 6 heteroatoms. The molecule has 0 bridgehead atoms. The molecular formula is C15H19F2N3O. The minimum absolute atomic E-state index is 0.0116. The highest BCUT2D eigenvalue weighted by molar-refractivity contribution is 5.95. The molecule has 2 N–H and O–H groups in total. The van der Waals surface area contributed by atoms with E-state index in [0.717, 1.165) is 32.0 Å². The van der Waals surface area contributed by atoms with E-state index >= 15 is 0 Å². The highest BCUT2D eigenvalue weighted by atomic mass is 19.1. The van der Waals surface area contributed by atoms with Crippen LogP contribution in [0.4, 0.5) is 14.5 Å². The van der Waals surface area contributed by atoms with Gasteiger partial charge in [-0.05, 0) is 32.4 Å². The van der Waals surface area contributed by atoms with Crippen LogP contribution in [0.15, 0.2) is 12.1 Å². The van der Waals surface area contributed by atoms with Crippen LogP contribution in [0.25, 0.3) is 0 Å². The van der Waals surface area contributed by atoms with Crippen molar-refractivity contribution in [3.05, 3.63) is 29.3 Å². The molecule has 0 radical (unpaired) electrons. The molecule has 0 aromatic heterocycles. The largest absolute Gasteiger partial charge is 0.396 e. The Hall–Kier alpha value is -1.69. The van der Waals surface area contributed by atoms with Crippen molar-refractivity contribution in [3.63, 3.8) is 0 Å². The van der Waals surface area contributed by atoms with Crippen molar-refractivity contribution in [2.45, 2.75) is 31.8 Å². The summed E-state index contributed by atoms with van der Waals surface area (Å²) in [6.45, 7) is 4.41. The van der Waals surface area contributed by atoms with Crippen LogP contribution in [0.1, 0.15) is 30.1 Å². The zero-order chi connectivity index (χ0) is 15.1. The Labute approximate surface area is 122 Å². The topological polar surface area (TPSA) is 49.6 Å². The van der Waals surface area contributed by atoms with Gasteiger partial charge in [0.2, 0.25) is 0 Å². The van der Waals surface area contributed by atoms with Crippen LogP contribution in [0, 0.1) is 11.6 Å². The van der Waals surface area contributed by atoms with Crippen molar-refractivity contribution in [2.75, 3.05) is 25.4 Å². The molecule has 1 aromatic rings. The fourth-order valence-corrected chi connectivity index (χ4v) is 3.35. The number of carbonyl (C=O) groups is 1. The second-order valence-corrected chi connectivity index (χ2v) is 5.95. The zero-order valence-electron chi connectivity index (χ0n) is 12.0. The lowest BCUT2D eigenvalue weighted by molar-refractivity contribution is 0.0391. The molecule has 2 aliphatic heterocycles. The third-order valence-corrected chi connectivity index (χ3v) is 4.51. The average molecular weight is 295 g/mol. The Bertz CT molecular complexity index is 578. The number of hydrogen-bond acceptors (Lipinski definition) is 3. The summed E-state index contributed by atoms with van der Waals surface area (Å²) in [5.74, 6) is -2.09. The first-order valence-corrected chi connectivity index (χ1v) is 7.27. The Kier molecular flexibility index (Phi) is 3.57. The maximum absolute atomic E-state index is 13.9. The molecule has 114 valence electrons. The highest BCUT2D eigenvalue weighted by Crippen LogP contribution is 2.27. The number of amides is 1. The van der Waals surface area contributed by atoms with Crippen molar-refractivity contribution in [1.29, 1.82) is 0 Å². The van der Waals surface area contributed by atoms with Gasteiger partial charge in [-0.2, -0.15) is 0 Å². The van der Waals surface area contributed by atoms with Crippen LogP contribution in [0.3, 0.4) is 0 Å². The van der Waals surface area contributed by atoms with Gasteiger partial charge in [0.25, 0.3) is 5.91 Å². The number of halogens is 2. The quantitative estimate of drug-likeness (QED) is 0.805. The van der Waals surface area contributed by atoms with Crippen LogP contribution in [-0.4, -0.2) is 47.4 Å². The summed E-state index contributed by atoms with van der Waals surface area (Å²) in [5.41, 5.74) is 5.11. The zero-order valence-corrected chi connectivity index (χ0v) is 12.0. The maximum atomic E-state index is 13.9. The number of fused-ring (bicyclic) bond motifs is 1. The van der Waals surface area contributed by atoms with Crippen molar-refractivity contribution in [3.8, 4) is 0 Å². The summed E-state index contributed by atoms with van der Waals surface area (Å²) in [6.07, 6.45) is 2.20. The SMILES string of the molecule is CC1CN2CCCC2CN1C(=O)c1cc(N)c(F)cc1F. The van der Waals surface area contributed by atoms with Crippen LogP contribution in [0.2, 0.25) is 0 Å². The first kappa shape index (κ1) is 14.3. The molecule has 1 amide bonds. The van der Waals surface area contributed by atoms with Gasteiger partial charge in [0.15, 0.2) is 0 Å². The van der Waals surface area contributed by atoms with Gasteiger partial charge in [0.05, 0.1) is 11.3 Å². The van der Waals surface area contributed by atoms with Gasteiger partial charge >= 0.3 is 0 Å². The van der Waals surface area contributed by atoms with Gasteiger partial charge in [-0.1, -0.05) is 0 Å². The normalized spacial score (nSPS) is 26.0. The van der Waals surface area contributed by atoms with Crippen molar-refractivity contribution < 1.29 is 13.6 Å². The molecule has 0 spiro atoms. The predicted octanol–water partition coefficient (Wildman–Crippen LogP) is 1.86. The molecule has 21 heavy (non-hydrogen) atoms. The minimum Gasteiger partial charge on any atom is -0.396 e. The van der Waals surface area contributed by atoms with E-state index in [0.29, 0.717) is 18.7 Å². The Morgan fingerprint density at radius 2 is 2.05 bits per heavy atom. The summed E-state index contributed by atoms with van der Waals surface area (Å²) < 4.78 is 27.1. The molecule has 2 aliphatic rings. The van der Waals surface area contributed by atoms with Crippen LogP contribution in [-0.2, 0) is 0 Å². The van der Waals surface area contributed by atoms with E-state index in [2.05, 4.69) is 4.90 Å². The Balaban J connectivity index is 1.86. The predicted molar refractivity (Wildman–Crippen MR) is 75.9 cm³/mol. The molecule has 2 unspecified atom stereocenters. The van der Waals surface area contributed by atoms with E-state index in [1.807, 2.05) is 6.92 Å². The molecule has 0 aliphatic carbocycles. The van der Waals surface area contributed by atoms with Crippen LogP contribution < -0.4 is 5.73 Å². The van der Waals surface area contributed by atoms with E-state index in [1.165, 1.54) is 0 Å². The Morgan fingerprint density at radius 3 is 2.81 bits per heavy atom. The highest BCUT2D eigenvalue weighted by Gasteiger charge is 2.37. The second-order valence-electron chi connectivity index (χ2n) is 5.95. The van der Waals surface area contributed by atoms with Gasteiger partial charge in [0.1, 0.15) is 11.6 Å². The number of nitrogens with zero attached hydrogens (tertiary/aromatic N) is 2. The van der Waals surface area contributed by atoms with Crippen molar-refractivity contribution in [1.82, 2.24) is 9.80 Å². The average Bonchev–Trinajstić information content (AvgIpc) is 2.88. The van der Waals surface area contributed by atoms with E-state index in [-0.39, 0.29) is 17.3 Å². The molecule has 3 rings (SSSR count). The fraction of sp³-hybridized carbons (Fsp3) is 0.533. The monoisotopic (exact) mass is 295 g/mol. The minimum atomic E-state index is -0.854. The lowest BCUT2D eigenvalue weighted by atomic mass is 10.1. The number of nitrogen functional groups attached to an aromatic ring is 1. The fourth-order valence-electron chi connectivity index (χ4n) is 3.35. The molecule has 2 fully saturated rings. The van der Waals surface area contributed by atoms with Crippen LogP contribution >= 0.6 is 0 Å². The van der Waals surface area contributed by atoms with E-state index in [4.69, 9.17) is 5.73 Å². The van der Waals surface area contributed by atoms with Gasteiger partial charge in [-0.25, -0.2) is 8.78 Å². The molecule has 2 heterocycles. The molecule has 2 atom stereocenters. The summed E-state index contributed by atoms with van der Waals surface area (Å²) in [7, 11) is 0. The van der Waals surface area contributed by atoms with E-state index in [9.17, 15) is 13.6 Å². The number of rotatable bonds is 1. The standard InChI is InChI=1S/C15H19F2N3O/c1-9-7-19-4-2-3-10(19)8-20(9)15(21)11-5-14(18)13(17)6-12(11)16/h5-6,9-10H,2-4,7-8,18H2,1H3. The number of nitrogens with two attached hydrogens (primary N) is 1. The molecule has 0 saturated carbocycles. The summed E-state index contributed by atoms with van der Waals surface area (Å²) in [5, 5.41) is 0. The van der Waals surface area contributed by atoms with Crippen molar-refractivity contribution in [2.24, 2.45) is 0 Å². The number of carbonyl (C=O) groups excluding carboxylic acids is 1. The van der Waals surface area contributed by atoms with Crippen molar-refractivity contribution >= 4 is 11.6 Å². The summed E-state index contributed by atoms with van der Waals surface area (Å²) >= 11 is 0. The lowest BCUT2D eigenvalue weighted by Crippen LogP contribution is -2.56. The summed E-state index contributed by atoms with van der Waals surface area (Å²) in [6, 6.07) is 2.14. The van der Waals surface area contributed by atoms with E-state index in [1.54, 1.807) is 4.90 Å². The van der Waals surface area contributed by atoms with Crippen LogP contribution in [0.5, 0.6) is 0 Å². The molecule has 2 saturated heterocycles. The van der Waals surface area contributed by atoms with Gasteiger partial charge in [0, 0.05) is 31.2 Å². The first-order valence-electron chi connectivity index (χ1n) is 7.27. The smallest absolute Gasteiger partial charge is 0.257 e. The van der Waals surface area contributed by atoms with Gasteiger partial charge in [-0.15, -0.1) is 0 Å². The number of benzene rings is 1. The van der Waals surface area contributed by atoms with E-state index < -0.39 is 17.5 Å². The summed E-state index contributed by atoms with van der Waals surface area (Å²) in [4.78, 5) is 16.6. The third-order valence-electron chi connectivity index (χ3n) is 4.51. The molecular weight excluding hydrogens is 276 g/mol. The Morgan fingerprint density at radius 1 is 1.29 bits per heavy atom.